The van der Waals surface area contributed by atoms with E-state index in [9.17, 15) is 17.6 Å². The summed E-state index contributed by atoms with van der Waals surface area (Å²) in [7, 11) is 2.05. The summed E-state index contributed by atoms with van der Waals surface area (Å²) >= 11 is 0. The van der Waals surface area contributed by atoms with Gasteiger partial charge in [0.15, 0.2) is 0 Å². The number of alkyl halides is 3. The van der Waals surface area contributed by atoms with E-state index in [2.05, 4.69) is 9.47 Å². The molecule has 2 aromatic carbocycles. The highest BCUT2D eigenvalue weighted by Crippen LogP contribution is 2.32. The first-order chi connectivity index (χ1) is 12.8. The van der Waals surface area contributed by atoms with Crippen molar-refractivity contribution in [3.05, 3.63) is 70.7 Å². The van der Waals surface area contributed by atoms with Crippen LogP contribution < -0.4 is 0 Å². The Labute approximate surface area is 167 Å². The van der Waals surface area contributed by atoms with Crippen LogP contribution in [0.4, 0.5) is 17.6 Å². The average Bonchev–Trinajstić information content (AvgIpc) is 2.92. The van der Waals surface area contributed by atoms with Gasteiger partial charge in [-0.25, -0.2) is 4.39 Å². The molecule has 0 bridgehead atoms. The van der Waals surface area contributed by atoms with Crippen LogP contribution in [-0.2, 0) is 32.1 Å². The zero-order valence-corrected chi connectivity index (χ0v) is 16.2. The number of hydrogen-bond acceptors (Lipinski definition) is 1. The van der Waals surface area contributed by atoms with E-state index in [1.54, 1.807) is 12.1 Å². The number of rotatable bonds is 3. The van der Waals surface area contributed by atoms with Gasteiger partial charge in [-0.05, 0) is 54.9 Å². The fourth-order valence-corrected chi connectivity index (χ4v) is 3.91. The fourth-order valence-electron chi connectivity index (χ4n) is 3.91. The van der Waals surface area contributed by atoms with E-state index in [0.29, 0.717) is 13.0 Å². The van der Waals surface area contributed by atoms with Crippen molar-refractivity contribution >= 4 is 23.3 Å². The van der Waals surface area contributed by atoms with Crippen LogP contribution >= 0.6 is 12.4 Å². The van der Waals surface area contributed by atoms with E-state index in [1.807, 2.05) is 7.05 Å². The molecular formula is C21H21ClF4N2. The van der Waals surface area contributed by atoms with Crippen LogP contribution in [0.3, 0.4) is 0 Å². The van der Waals surface area contributed by atoms with Gasteiger partial charge in [-0.15, -0.1) is 12.4 Å². The average molecular weight is 413 g/mol. The molecule has 4 rings (SSSR count). The molecule has 0 atom stereocenters. The molecule has 0 fully saturated rings. The number of nitrogens with zero attached hydrogens (tertiary/aromatic N) is 2. The second-order valence-electron chi connectivity index (χ2n) is 7.17. The largest absolute Gasteiger partial charge is 0.416 e. The highest BCUT2D eigenvalue weighted by Gasteiger charge is 2.30. The van der Waals surface area contributed by atoms with Crippen LogP contribution in [0.1, 0.15) is 22.4 Å². The standard InChI is InChI=1S/C21H20F4N2.ClH/c1-26-10-9-20-18(13-26)17-12-16(22)6-7-19(17)27(20)11-8-14-2-4-15(5-3-14)21(23,24)25;/h2-7,12H,8-11,13H2,1H3;1H. The molecule has 0 saturated carbocycles. The summed E-state index contributed by atoms with van der Waals surface area (Å²) in [6.07, 6.45) is -2.80. The molecule has 3 aromatic rings. The predicted molar refractivity (Wildman–Crippen MR) is 104 cm³/mol. The van der Waals surface area contributed by atoms with Gasteiger partial charge in [-0.2, -0.15) is 13.2 Å². The molecular weight excluding hydrogens is 392 g/mol. The second-order valence-corrected chi connectivity index (χ2v) is 7.17. The summed E-state index contributed by atoms with van der Waals surface area (Å²) < 4.78 is 54.1. The summed E-state index contributed by atoms with van der Waals surface area (Å²) in [6.45, 7) is 2.38. The third-order valence-electron chi connectivity index (χ3n) is 5.31. The number of benzene rings is 2. The van der Waals surface area contributed by atoms with E-state index in [-0.39, 0.29) is 18.2 Å². The van der Waals surface area contributed by atoms with Crippen LogP contribution in [0.15, 0.2) is 42.5 Å². The summed E-state index contributed by atoms with van der Waals surface area (Å²) in [4.78, 5) is 2.22. The number of likely N-dealkylation sites (N-methyl/N-ethyl adjacent to an activating group) is 1. The number of halogens is 5. The number of fused-ring (bicyclic) bond motifs is 3. The number of hydrogen-bond donors (Lipinski definition) is 0. The van der Waals surface area contributed by atoms with Gasteiger partial charge in [0.05, 0.1) is 5.56 Å². The van der Waals surface area contributed by atoms with E-state index < -0.39 is 11.7 Å². The minimum absolute atomic E-state index is 0. The molecule has 0 amide bonds. The van der Waals surface area contributed by atoms with E-state index in [1.165, 1.54) is 23.9 Å². The van der Waals surface area contributed by atoms with E-state index in [0.717, 1.165) is 53.7 Å². The summed E-state index contributed by atoms with van der Waals surface area (Å²) in [5, 5.41) is 0.934. The molecule has 7 heteroatoms. The van der Waals surface area contributed by atoms with E-state index >= 15 is 0 Å². The Balaban J connectivity index is 0.00000225. The lowest BCUT2D eigenvalue weighted by molar-refractivity contribution is -0.137. The lowest BCUT2D eigenvalue weighted by Crippen LogP contribution is -2.27. The Morgan fingerprint density at radius 2 is 1.75 bits per heavy atom. The quantitative estimate of drug-likeness (QED) is 0.519. The molecule has 1 aliphatic rings. The Morgan fingerprint density at radius 1 is 1.04 bits per heavy atom. The van der Waals surface area contributed by atoms with Crippen molar-refractivity contribution in [2.45, 2.75) is 32.1 Å². The SMILES string of the molecule is CN1CCc2c(c3cc(F)ccc3n2CCc2ccc(C(F)(F)F)cc2)C1.Cl. The van der Waals surface area contributed by atoms with Crippen LogP contribution in [0.5, 0.6) is 0 Å². The van der Waals surface area contributed by atoms with Crippen molar-refractivity contribution in [3.8, 4) is 0 Å². The molecule has 1 aliphatic heterocycles. The fraction of sp³-hybridized carbons (Fsp3) is 0.333. The Hall–Kier alpha value is -2.05. The Morgan fingerprint density at radius 3 is 2.43 bits per heavy atom. The summed E-state index contributed by atoms with van der Waals surface area (Å²) in [5.74, 6) is -0.251. The molecule has 0 unspecified atom stereocenters. The van der Waals surface area contributed by atoms with E-state index in [4.69, 9.17) is 0 Å². The topological polar surface area (TPSA) is 8.17 Å². The van der Waals surface area contributed by atoms with Crippen LogP contribution in [0.25, 0.3) is 10.9 Å². The van der Waals surface area contributed by atoms with Crippen LogP contribution in [-0.4, -0.2) is 23.1 Å². The maximum absolute atomic E-state index is 13.8. The molecule has 2 nitrogen and oxygen atoms in total. The van der Waals surface area contributed by atoms with Crippen molar-refractivity contribution < 1.29 is 17.6 Å². The zero-order valence-electron chi connectivity index (χ0n) is 15.4. The van der Waals surface area contributed by atoms with Gasteiger partial charge in [-0.1, -0.05) is 12.1 Å². The maximum atomic E-state index is 13.8. The molecule has 0 radical (unpaired) electrons. The second kappa shape index (κ2) is 7.76. The van der Waals surface area contributed by atoms with Crippen molar-refractivity contribution in [1.29, 1.82) is 0 Å². The lowest BCUT2D eigenvalue weighted by Gasteiger charge is -2.24. The maximum Gasteiger partial charge on any atom is 0.416 e. The molecule has 150 valence electrons. The third-order valence-corrected chi connectivity index (χ3v) is 5.31. The normalized spacial score (nSPS) is 14.8. The molecule has 0 saturated heterocycles. The lowest BCUT2D eigenvalue weighted by atomic mass is 10.0. The highest BCUT2D eigenvalue weighted by atomic mass is 35.5. The molecule has 0 aliphatic carbocycles. The smallest absolute Gasteiger partial charge is 0.344 e. The molecule has 0 N–H and O–H groups in total. The Bertz CT molecular complexity index is 977. The van der Waals surface area contributed by atoms with Crippen LogP contribution in [0, 0.1) is 5.82 Å². The Kier molecular flexibility index (Phi) is 5.73. The number of aromatic nitrogens is 1. The van der Waals surface area contributed by atoms with Gasteiger partial charge in [0.2, 0.25) is 0 Å². The summed E-state index contributed by atoms with van der Waals surface area (Å²) in [6, 6.07) is 10.2. The monoisotopic (exact) mass is 412 g/mol. The molecule has 0 spiro atoms. The first-order valence-corrected chi connectivity index (χ1v) is 8.97. The number of aryl methyl sites for hydroxylation is 2. The predicted octanol–water partition coefficient (Wildman–Crippen LogP) is 5.45. The van der Waals surface area contributed by atoms with Gasteiger partial charge >= 0.3 is 6.18 Å². The van der Waals surface area contributed by atoms with Crippen LogP contribution in [0.2, 0.25) is 0 Å². The van der Waals surface area contributed by atoms with Crippen molar-refractivity contribution in [2.24, 2.45) is 0 Å². The molecule has 2 heterocycles. The summed E-state index contributed by atoms with van der Waals surface area (Å²) in [5.41, 5.74) is 3.58. The van der Waals surface area contributed by atoms with Gasteiger partial charge < -0.3 is 9.47 Å². The van der Waals surface area contributed by atoms with Gasteiger partial charge in [0.1, 0.15) is 5.82 Å². The first kappa shape index (κ1) is 20.7. The highest BCUT2D eigenvalue weighted by molar-refractivity contribution is 5.86. The third kappa shape index (κ3) is 3.89. The minimum atomic E-state index is -4.32. The molecule has 28 heavy (non-hydrogen) atoms. The van der Waals surface area contributed by atoms with Crippen molar-refractivity contribution in [3.63, 3.8) is 0 Å². The van der Waals surface area contributed by atoms with Crippen molar-refractivity contribution in [2.75, 3.05) is 13.6 Å². The first-order valence-electron chi connectivity index (χ1n) is 8.97. The zero-order chi connectivity index (χ0) is 19.2. The minimum Gasteiger partial charge on any atom is -0.344 e. The van der Waals surface area contributed by atoms with Crippen molar-refractivity contribution in [1.82, 2.24) is 9.47 Å². The molecule has 1 aromatic heterocycles. The van der Waals surface area contributed by atoms with Gasteiger partial charge in [0.25, 0.3) is 0 Å². The van der Waals surface area contributed by atoms with Gasteiger partial charge in [0, 0.05) is 42.7 Å². The van der Waals surface area contributed by atoms with Gasteiger partial charge in [-0.3, -0.25) is 0 Å².